The van der Waals surface area contributed by atoms with Crippen molar-refractivity contribution in [3.05, 3.63) is 42.5 Å². The second-order valence-electron chi connectivity index (χ2n) is 6.49. The van der Waals surface area contributed by atoms with Gasteiger partial charge in [-0.3, -0.25) is 14.4 Å². The second kappa shape index (κ2) is 8.62. The summed E-state index contributed by atoms with van der Waals surface area (Å²) in [6.07, 6.45) is 5.59. The fraction of sp³-hybridized carbons (Fsp3) is 0.500. The Kier molecular flexibility index (Phi) is 6.00. The van der Waals surface area contributed by atoms with Crippen molar-refractivity contribution in [3.63, 3.8) is 0 Å². The average Bonchev–Trinajstić information content (AvgIpc) is 3.13. The van der Waals surface area contributed by atoms with Crippen LogP contribution in [-0.4, -0.2) is 52.3 Å². The van der Waals surface area contributed by atoms with Crippen LogP contribution in [0.25, 0.3) is 0 Å². The van der Waals surface area contributed by atoms with Gasteiger partial charge in [0.2, 0.25) is 5.91 Å². The van der Waals surface area contributed by atoms with E-state index in [9.17, 15) is 4.79 Å². The monoisotopic (exact) mass is 343 g/mol. The van der Waals surface area contributed by atoms with Crippen LogP contribution < -0.4 is 10.1 Å². The molecule has 1 atom stereocenters. The van der Waals surface area contributed by atoms with Gasteiger partial charge in [0.15, 0.2) is 0 Å². The lowest BCUT2D eigenvalue weighted by Crippen LogP contribution is -2.43. The number of ether oxygens (including phenoxy) is 1. The minimum absolute atomic E-state index is 0.0595. The van der Waals surface area contributed by atoms with Crippen LogP contribution in [0, 0.1) is 5.92 Å². The minimum atomic E-state index is 0.0595. The number of hydrogen-bond donors (Lipinski definition) is 1. The Labute approximate surface area is 148 Å². The smallest absolute Gasteiger partial charge is 0.234 e. The van der Waals surface area contributed by atoms with E-state index in [1.165, 1.54) is 6.42 Å². The summed E-state index contributed by atoms with van der Waals surface area (Å²) in [5.41, 5.74) is 1.04. The fourth-order valence-corrected chi connectivity index (χ4v) is 3.28. The molecule has 1 N–H and O–H groups in total. The molecule has 0 bridgehead atoms. The first-order valence-electron chi connectivity index (χ1n) is 8.67. The normalized spacial score (nSPS) is 18.0. The Morgan fingerprint density at radius 2 is 2.36 bits per heavy atom. The Bertz CT molecular complexity index is 674. The number of hydrogen-bond acceptors (Lipinski definition) is 5. The van der Waals surface area contributed by atoms with Crippen LogP contribution in [0.4, 0.5) is 0 Å². The summed E-state index contributed by atoms with van der Waals surface area (Å²) in [6.45, 7) is 3.72. The number of carbonyl (C=O) groups is 1. The van der Waals surface area contributed by atoms with Crippen molar-refractivity contribution < 1.29 is 9.53 Å². The quantitative estimate of drug-likeness (QED) is 0.821. The molecule has 1 saturated heterocycles. The summed E-state index contributed by atoms with van der Waals surface area (Å²) in [4.78, 5) is 18.5. The number of methoxy groups -OCH3 is 1. The second-order valence-corrected chi connectivity index (χ2v) is 6.49. The molecule has 7 heteroatoms. The van der Waals surface area contributed by atoms with Gasteiger partial charge in [0.1, 0.15) is 18.4 Å². The molecule has 25 heavy (non-hydrogen) atoms. The van der Waals surface area contributed by atoms with Crippen molar-refractivity contribution >= 4 is 5.91 Å². The standard InChI is InChI=1S/C18H25N5O2/c1-25-17-6-2-4-15(8-17)9-20-18(24)12-22-7-3-5-16(10-22)11-23-14-19-13-21-23/h2,4,6,8,13-14,16H,3,5,7,9-12H2,1H3,(H,20,24). The van der Waals surface area contributed by atoms with Crippen LogP contribution >= 0.6 is 0 Å². The molecular weight excluding hydrogens is 318 g/mol. The Hall–Kier alpha value is -2.41. The Morgan fingerprint density at radius 1 is 1.44 bits per heavy atom. The van der Waals surface area contributed by atoms with Crippen LogP contribution in [0.2, 0.25) is 0 Å². The molecule has 7 nitrogen and oxygen atoms in total. The lowest BCUT2D eigenvalue weighted by atomic mass is 9.98. The molecular formula is C18H25N5O2. The van der Waals surface area contributed by atoms with Gasteiger partial charge in [-0.25, -0.2) is 4.98 Å². The summed E-state index contributed by atoms with van der Waals surface area (Å²) in [7, 11) is 1.64. The molecule has 1 aromatic carbocycles. The van der Waals surface area contributed by atoms with Crippen molar-refractivity contribution in [2.45, 2.75) is 25.9 Å². The SMILES string of the molecule is COc1cccc(CNC(=O)CN2CCCC(Cn3cncn3)C2)c1. The summed E-state index contributed by atoms with van der Waals surface area (Å²) in [5, 5.41) is 7.17. The van der Waals surface area contributed by atoms with E-state index in [0.717, 1.165) is 37.4 Å². The molecule has 1 aliphatic heterocycles. The summed E-state index contributed by atoms with van der Waals surface area (Å²) in [6, 6.07) is 7.75. The van der Waals surface area contributed by atoms with E-state index >= 15 is 0 Å². The zero-order chi connectivity index (χ0) is 17.5. The molecule has 1 fully saturated rings. The van der Waals surface area contributed by atoms with Crippen molar-refractivity contribution in [1.82, 2.24) is 25.0 Å². The lowest BCUT2D eigenvalue weighted by molar-refractivity contribution is -0.122. The van der Waals surface area contributed by atoms with Gasteiger partial charge in [-0.1, -0.05) is 12.1 Å². The molecule has 3 rings (SSSR count). The third-order valence-corrected chi connectivity index (χ3v) is 4.51. The molecule has 0 aliphatic carbocycles. The molecule has 1 aromatic heterocycles. The van der Waals surface area contributed by atoms with Crippen molar-refractivity contribution in [3.8, 4) is 5.75 Å². The van der Waals surface area contributed by atoms with E-state index in [1.807, 2.05) is 28.9 Å². The Morgan fingerprint density at radius 3 is 3.16 bits per heavy atom. The van der Waals surface area contributed by atoms with E-state index in [0.29, 0.717) is 19.0 Å². The third kappa shape index (κ3) is 5.29. The zero-order valence-electron chi connectivity index (χ0n) is 14.6. The molecule has 2 heterocycles. The van der Waals surface area contributed by atoms with Crippen LogP contribution in [0.1, 0.15) is 18.4 Å². The highest BCUT2D eigenvalue weighted by atomic mass is 16.5. The van der Waals surface area contributed by atoms with Crippen LogP contribution in [0.3, 0.4) is 0 Å². The van der Waals surface area contributed by atoms with E-state index in [2.05, 4.69) is 20.3 Å². The highest BCUT2D eigenvalue weighted by Crippen LogP contribution is 2.17. The summed E-state index contributed by atoms with van der Waals surface area (Å²) in [5.74, 6) is 1.38. The number of nitrogens with zero attached hydrogens (tertiary/aromatic N) is 4. The fourth-order valence-electron chi connectivity index (χ4n) is 3.28. The van der Waals surface area contributed by atoms with Gasteiger partial charge in [-0.05, 0) is 43.0 Å². The van der Waals surface area contributed by atoms with Gasteiger partial charge < -0.3 is 10.1 Å². The summed E-state index contributed by atoms with van der Waals surface area (Å²) < 4.78 is 7.08. The number of nitrogens with one attached hydrogen (secondary N) is 1. The first-order chi connectivity index (χ1) is 12.2. The number of likely N-dealkylation sites (tertiary alicyclic amines) is 1. The third-order valence-electron chi connectivity index (χ3n) is 4.51. The van der Waals surface area contributed by atoms with Gasteiger partial charge in [0.05, 0.1) is 13.7 Å². The lowest BCUT2D eigenvalue weighted by Gasteiger charge is -2.32. The van der Waals surface area contributed by atoms with E-state index in [4.69, 9.17) is 4.74 Å². The number of piperidine rings is 1. The van der Waals surface area contributed by atoms with Crippen LogP contribution in [0.5, 0.6) is 5.75 Å². The van der Waals surface area contributed by atoms with Gasteiger partial charge in [-0.2, -0.15) is 5.10 Å². The zero-order valence-corrected chi connectivity index (χ0v) is 14.6. The Balaban J connectivity index is 1.43. The highest BCUT2D eigenvalue weighted by molar-refractivity contribution is 5.78. The first-order valence-corrected chi connectivity index (χ1v) is 8.67. The van der Waals surface area contributed by atoms with Crippen molar-refractivity contribution in [1.29, 1.82) is 0 Å². The molecule has 2 aromatic rings. The maximum Gasteiger partial charge on any atom is 0.234 e. The number of carbonyl (C=O) groups excluding carboxylic acids is 1. The number of aromatic nitrogens is 3. The van der Waals surface area contributed by atoms with Gasteiger partial charge in [0.25, 0.3) is 0 Å². The predicted molar refractivity (Wildman–Crippen MR) is 94.0 cm³/mol. The molecule has 0 radical (unpaired) electrons. The maximum absolute atomic E-state index is 12.3. The van der Waals surface area contributed by atoms with Crippen molar-refractivity contribution in [2.24, 2.45) is 5.92 Å². The van der Waals surface area contributed by atoms with Gasteiger partial charge in [-0.15, -0.1) is 0 Å². The molecule has 0 saturated carbocycles. The topological polar surface area (TPSA) is 72.3 Å². The molecule has 1 amide bonds. The number of rotatable bonds is 7. The average molecular weight is 343 g/mol. The number of benzene rings is 1. The van der Waals surface area contributed by atoms with Crippen molar-refractivity contribution in [2.75, 3.05) is 26.7 Å². The van der Waals surface area contributed by atoms with Gasteiger partial charge >= 0.3 is 0 Å². The number of amides is 1. The molecule has 1 aliphatic rings. The van der Waals surface area contributed by atoms with E-state index < -0.39 is 0 Å². The molecule has 0 spiro atoms. The minimum Gasteiger partial charge on any atom is -0.497 e. The molecule has 1 unspecified atom stereocenters. The largest absolute Gasteiger partial charge is 0.497 e. The summed E-state index contributed by atoms with van der Waals surface area (Å²) >= 11 is 0. The maximum atomic E-state index is 12.3. The van der Waals surface area contributed by atoms with E-state index in [1.54, 1.807) is 19.8 Å². The van der Waals surface area contributed by atoms with Crippen LogP contribution in [-0.2, 0) is 17.9 Å². The first kappa shape index (κ1) is 17.4. The van der Waals surface area contributed by atoms with Crippen LogP contribution in [0.15, 0.2) is 36.9 Å². The highest BCUT2D eigenvalue weighted by Gasteiger charge is 2.22. The molecule has 134 valence electrons. The van der Waals surface area contributed by atoms with E-state index in [-0.39, 0.29) is 5.91 Å². The van der Waals surface area contributed by atoms with Gasteiger partial charge in [0, 0.05) is 19.6 Å². The predicted octanol–water partition coefficient (Wildman–Crippen LogP) is 1.32.